The van der Waals surface area contributed by atoms with Crippen LogP contribution in [0.4, 0.5) is 9.18 Å². The van der Waals surface area contributed by atoms with Crippen LogP contribution in [0, 0.1) is 18.7 Å². The van der Waals surface area contributed by atoms with E-state index in [9.17, 15) is 18.8 Å². The van der Waals surface area contributed by atoms with Crippen molar-refractivity contribution in [1.29, 1.82) is 0 Å². The van der Waals surface area contributed by atoms with E-state index in [0.717, 1.165) is 5.69 Å². The van der Waals surface area contributed by atoms with Crippen molar-refractivity contribution in [2.24, 2.45) is 5.92 Å². The lowest BCUT2D eigenvalue weighted by Gasteiger charge is -2.38. The molecule has 2 aliphatic rings. The van der Waals surface area contributed by atoms with Crippen LogP contribution in [0.3, 0.4) is 0 Å². The molecule has 1 aromatic carbocycles. The fourth-order valence-corrected chi connectivity index (χ4v) is 4.26. The molecule has 2 aliphatic heterocycles. The number of aromatic amines is 1. The molecule has 0 radical (unpaired) electrons. The molecular formula is C21H24FN5O3. The molecule has 0 bridgehead atoms. The van der Waals surface area contributed by atoms with E-state index in [-0.39, 0.29) is 30.1 Å². The minimum absolute atomic E-state index is 0.0860. The molecular weight excluding hydrogens is 389 g/mol. The molecule has 9 heteroatoms. The number of halogens is 1. The molecule has 2 N–H and O–H groups in total. The topological polar surface area (TPSA) is 98.4 Å². The Balaban J connectivity index is 1.41. The molecule has 1 aromatic heterocycles. The first-order valence-electron chi connectivity index (χ1n) is 9.98. The Morgan fingerprint density at radius 1 is 1.23 bits per heavy atom. The number of imide groups is 1. The molecule has 2 fully saturated rings. The highest BCUT2D eigenvalue weighted by molar-refractivity contribution is 6.07. The number of urea groups is 1. The summed E-state index contributed by atoms with van der Waals surface area (Å²) < 4.78 is 13.1. The number of carbonyl (C=O) groups excluding carboxylic acids is 3. The second-order valence-electron chi connectivity index (χ2n) is 8.15. The second kappa shape index (κ2) is 7.55. The van der Waals surface area contributed by atoms with E-state index in [0.29, 0.717) is 37.2 Å². The molecule has 0 saturated carbocycles. The van der Waals surface area contributed by atoms with E-state index in [1.807, 2.05) is 6.92 Å². The molecule has 8 nitrogen and oxygen atoms in total. The maximum Gasteiger partial charge on any atom is 0.325 e. The van der Waals surface area contributed by atoms with Gasteiger partial charge in [-0.25, -0.2) is 9.18 Å². The molecule has 2 aromatic rings. The number of carbonyl (C=O) groups is 3. The molecule has 158 valence electrons. The summed E-state index contributed by atoms with van der Waals surface area (Å²) in [5.41, 5.74) is 0.864. The van der Waals surface area contributed by atoms with Crippen molar-refractivity contribution in [3.63, 3.8) is 0 Å². The van der Waals surface area contributed by atoms with Crippen LogP contribution in [0.5, 0.6) is 0 Å². The smallest absolute Gasteiger partial charge is 0.325 e. The molecule has 4 amide bonds. The first kappa shape index (κ1) is 20.1. The number of aromatic nitrogens is 2. The lowest BCUT2D eigenvalue weighted by Crippen LogP contribution is -2.54. The van der Waals surface area contributed by atoms with Gasteiger partial charge in [0.1, 0.15) is 17.1 Å². The van der Waals surface area contributed by atoms with Crippen molar-refractivity contribution in [1.82, 2.24) is 25.3 Å². The van der Waals surface area contributed by atoms with Crippen molar-refractivity contribution in [3.8, 4) is 0 Å². The average molecular weight is 413 g/mol. The lowest BCUT2D eigenvalue weighted by molar-refractivity contribution is -0.133. The van der Waals surface area contributed by atoms with Crippen molar-refractivity contribution in [3.05, 3.63) is 53.1 Å². The third-order valence-electron chi connectivity index (χ3n) is 6.08. The van der Waals surface area contributed by atoms with Gasteiger partial charge in [0.05, 0.1) is 6.54 Å². The number of benzene rings is 1. The zero-order valence-corrected chi connectivity index (χ0v) is 16.9. The number of hydrogen-bond acceptors (Lipinski definition) is 4. The van der Waals surface area contributed by atoms with Crippen LogP contribution in [-0.4, -0.2) is 56.5 Å². The Morgan fingerprint density at radius 3 is 2.50 bits per heavy atom. The number of nitrogens with zero attached hydrogens (tertiary/aromatic N) is 3. The lowest BCUT2D eigenvalue weighted by atomic mass is 9.79. The quantitative estimate of drug-likeness (QED) is 0.751. The fraction of sp³-hybridized carbons (Fsp3) is 0.429. The van der Waals surface area contributed by atoms with Crippen LogP contribution < -0.4 is 5.32 Å². The van der Waals surface area contributed by atoms with E-state index in [1.165, 1.54) is 17.0 Å². The number of hydrogen-bond donors (Lipinski definition) is 2. The van der Waals surface area contributed by atoms with E-state index in [2.05, 4.69) is 15.5 Å². The molecule has 1 unspecified atom stereocenters. The Hall–Kier alpha value is -3.23. The van der Waals surface area contributed by atoms with E-state index >= 15 is 0 Å². The maximum atomic E-state index is 13.1. The van der Waals surface area contributed by atoms with E-state index in [1.54, 1.807) is 30.0 Å². The Morgan fingerprint density at radius 2 is 1.90 bits per heavy atom. The highest BCUT2D eigenvalue weighted by Gasteiger charge is 2.52. The monoisotopic (exact) mass is 413 g/mol. The zero-order valence-electron chi connectivity index (χ0n) is 16.9. The summed E-state index contributed by atoms with van der Waals surface area (Å²) in [6.45, 7) is 4.66. The van der Waals surface area contributed by atoms with Gasteiger partial charge in [0.15, 0.2) is 0 Å². The normalized spacial score (nSPS) is 22.5. The van der Waals surface area contributed by atoms with Gasteiger partial charge in [-0.1, -0.05) is 12.1 Å². The zero-order chi connectivity index (χ0) is 21.5. The van der Waals surface area contributed by atoms with Crippen LogP contribution in [0.25, 0.3) is 0 Å². The maximum absolute atomic E-state index is 13.1. The molecule has 2 saturated heterocycles. The Bertz CT molecular complexity index is 981. The standard InChI is InChI=1S/C21H24FN5O3/c1-13-11-17(25-24-13)18(28)26-9-7-15(8-10-26)21(2)19(29)27(20(30)23-21)12-14-3-5-16(22)6-4-14/h3-6,11,15H,7-10,12H2,1-2H3,(H,23,30)(H,24,25). The summed E-state index contributed by atoms with van der Waals surface area (Å²) >= 11 is 0. The Labute approximate surface area is 173 Å². The highest BCUT2D eigenvalue weighted by atomic mass is 19.1. The summed E-state index contributed by atoms with van der Waals surface area (Å²) in [7, 11) is 0. The molecule has 3 heterocycles. The summed E-state index contributed by atoms with van der Waals surface area (Å²) in [4.78, 5) is 41.1. The Kier molecular flexibility index (Phi) is 5.05. The van der Waals surface area contributed by atoms with Crippen LogP contribution in [0.15, 0.2) is 30.3 Å². The third kappa shape index (κ3) is 3.55. The summed E-state index contributed by atoms with van der Waals surface area (Å²) in [6, 6.07) is 7.00. The molecule has 4 rings (SSSR count). The first-order valence-corrected chi connectivity index (χ1v) is 9.98. The highest BCUT2D eigenvalue weighted by Crippen LogP contribution is 2.34. The van der Waals surface area contributed by atoms with Gasteiger partial charge in [-0.15, -0.1) is 0 Å². The van der Waals surface area contributed by atoms with Gasteiger partial charge in [-0.05, 0) is 56.4 Å². The number of piperidine rings is 1. The first-order chi connectivity index (χ1) is 14.3. The molecule has 1 atom stereocenters. The summed E-state index contributed by atoms with van der Waals surface area (Å²) in [5, 5.41) is 9.64. The number of aryl methyl sites for hydroxylation is 1. The molecule has 30 heavy (non-hydrogen) atoms. The fourth-order valence-electron chi connectivity index (χ4n) is 4.26. The van der Waals surface area contributed by atoms with Gasteiger partial charge in [0.2, 0.25) is 0 Å². The van der Waals surface area contributed by atoms with Gasteiger partial charge >= 0.3 is 6.03 Å². The minimum Gasteiger partial charge on any atom is -0.337 e. The van der Waals surface area contributed by atoms with Gasteiger partial charge in [-0.3, -0.25) is 19.6 Å². The van der Waals surface area contributed by atoms with Crippen molar-refractivity contribution in [2.75, 3.05) is 13.1 Å². The van der Waals surface area contributed by atoms with Crippen LogP contribution in [0.2, 0.25) is 0 Å². The predicted octanol–water partition coefficient (Wildman–Crippen LogP) is 2.22. The number of amides is 4. The van der Waals surface area contributed by atoms with Crippen molar-refractivity contribution >= 4 is 17.8 Å². The molecule has 0 spiro atoms. The van der Waals surface area contributed by atoms with Crippen molar-refractivity contribution < 1.29 is 18.8 Å². The second-order valence-corrected chi connectivity index (χ2v) is 8.15. The van der Waals surface area contributed by atoms with Crippen LogP contribution >= 0.6 is 0 Å². The SMILES string of the molecule is Cc1cc(C(=O)N2CCC(C3(C)NC(=O)N(Cc4ccc(F)cc4)C3=O)CC2)n[nH]1. The largest absolute Gasteiger partial charge is 0.337 e. The van der Waals surface area contributed by atoms with E-state index < -0.39 is 11.6 Å². The predicted molar refractivity (Wildman–Crippen MR) is 106 cm³/mol. The minimum atomic E-state index is -1.02. The van der Waals surface area contributed by atoms with E-state index in [4.69, 9.17) is 0 Å². The number of likely N-dealkylation sites (tertiary alicyclic amines) is 1. The van der Waals surface area contributed by atoms with Crippen molar-refractivity contribution in [2.45, 2.75) is 38.8 Å². The van der Waals surface area contributed by atoms with Gasteiger partial charge < -0.3 is 10.2 Å². The summed E-state index contributed by atoms with van der Waals surface area (Å²) in [5.74, 6) is -0.878. The number of rotatable bonds is 4. The van der Waals surface area contributed by atoms with Crippen LogP contribution in [-0.2, 0) is 11.3 Å². The summed E-state index contributed by atoms with van der Waals surface area (Å²) in [6.07, 6.45) is 1.20. The average Bonchev–Trinajstić information content (AvgIpc) is 3.26. The number of H-pyrrole nitrogens is 1. The number of nitrogens with one attached hydrogen (secondary N) is 2. The van der Waals surface area contributed by atoms with Gasteiger partial charge in [-0.2, -0.15) is 5.10 Å². The van der Waals surface area contributed by atoms with Gasteiger partial charge in [0.25, 0.3) is 11.8 Å². The molecule has 0 aliphatic carbocycles. The van der Waals surface area contributed by atoms with Gasteiger partial charge in [0, 0.05) is 18.8 Å². The van der Waals surface area contributed by atoms with Crippen LogP contribution in [0.1, 0.15) is 41.5 Å². The third-order valence-corrected chi connectivity index (χ3v) is 6.08.